The van der Waals surface area contributed by atoms with E-state index in [2.05, 4.69) is 5.32 Å². The van der Waals surface area contributed by atoms with Gasteiger partial charge in [-0.2, -0.15) is 0 Å². The van der Waals surface area contributed by atoms with Gasteiger partial charge < -0.3 is 10.4 Å². The minimum absolute atomic E-state index is 0.0807. The van der Waals surface area contributed by atoms with Gasteiger partial charge in [0.15, 0.2) is 0 Å². The van der Waals surface area contributed by atoms with E-state index in [1.165, 1.54) is 6.08 Å². The molecule has 1 saturated carbocycles. The Labute approximate surface area is 124 Å². The van der Waals surface area contributed by atoms with Gasteiger partial charge in [-0.05, 0) is 30.5 Å². The lowest BCUT2D eigenvalue weighted by atomic mass is 9.85. The standard InChI is InChI=1S/C16H20ClNO2/c17-14-7-3-1-5-12(14)9-10-16(20)18-15-8-4-2-6-13(15)11-19/h1,3,5,7,9-10,13,15,19H,2,4,6,8,11H2,(H,18,20)/b10-9+. The van der Waals surface area contributed by atoms with E-state index in [1.807, 2.05) is 18.2 Å². The summed E-state index contributed by atoms with van der Waals surface area (Å²) in [4.78, 5) is 11.9. The second-order valence-corrected chi connectivity index (χ2v) is 5.60. The molecule has 2 unspecified atom stereocenters. The Morgan fingerprint density at radius 1 is 1.35 bits per heavy atom. The van der Waals surface area contributed by atoms with Crippen LogP contribution in [0.1, 0.15) is 31.2 Å². The summed E-state index contributed by atoms with van der Waals surface area (Å²) in [5.74, 6) is 0.0525. The van der Waals surface area contributed by atoms with Crippen molar-refractivity contribution >= 4 is 23.6 Å². The summed E-state index contributed by atoms with van der Waals surface area (Å²) >= 11 is 6.03. The number of nitrogens with one attached hydrogen (secondary N) is 1. The number of hydrogen-bond donors (Lipinski definition) is 2. The van der Waals surface area contributed by atoms with Crippen LogP contribution in [0.3, 0.4) is 0 Å². The number of hydrogen-bond acceptors (Lipinski definition) is 2. The first kappa shape index (κ1) is 15.1. The van der Waals surface area contributed by atoms with Gasteiger partial charge in [0, 0.05) is 29.7 Å². The Bertz CT molecular complexity index is 487. The minimum atomic E-state index is -0.129. The lowest BCUT2D eigenvalue weighted by Crippen LogP contribution is -2.42. The molecule has 2 N–H and O–H groups in total. The summed E-state index contributed by atoms with van der Waals surface area (Å²) in [6, 6.07) is 7.47. The van der Waals surface area contributed by atoms with E-state index in [0.717, 1.165) is 31.2 Å². The second-order valence-electron chi connectivity index (χ2n) is 5.20. The average Bonchev–Trinajstić information content (AvgIpc) is 2.47. The number of rotatable bonds is 4. The highest BCUT2D eigenvalue weighted by Crippen LogP contribution is 2.24. The van der Waals surface area contributed by atoms with Gasteiger partial charge in [0.1, 0.15) is 0 Å². The molecule has 108 valence electrons. The van der Waals surface area contributed by atoms with Crippen LogP contribution in [0.5, 0.6) is 0 Å². The fourth-order valence-electron chi connectivity index (χ4n) is 2.62. The average molecular weight is 294 g/mol. The van der Waals surface area contributed by atoms with Crippen LogP contribution in [0, 0.1) is 5.92 Å². The van der Waals surface area contributed by atoms with Crippen LogP contribution < -0.4 is 5.32 Å². The van der Waals surface area contributed by atoms with Crippen LogP contribution in [0.2, 0.25) is 5.02 Å². The molecule has 1 amide bonds. The number of carbonyl (C=O) groups excluding carboxylic acids is 1. The third kappa shape index (κ3) is 4.09. The highest BCUT2D eigenvalue weighted by atomic mass is 35.5. The molecule has 1 fully saturated rings. The third-order valence-electron chi connectivity index (χ3n) is 3.79. The molecule has 0 radical (unpaired) electrons. The monoisotopic (exact) mass is 293 g/mol. The highest BCUT2D eigenvalue weighted by molar-refractivity contribution is 6.32. The molecular formula is C16H20ClNO2. The SMILES string of the molecule is O=C(/C=C/c1ccccc1Cl)NC1CCCCC1CO. The second kappa shape index (κ2) is 7.46. The van der Waals surface area contributed by atoms with E-state index in [4.69, 9.17) is 11.6 Å². The first-order chi connectivity index (χ1) is 9.70. The van der Waals surface area contributed by atoms with Crippen molar-refractivity contribution in [2.45, 2.75) is 31.7 Å². The summed E-state index contributed by atoms with van der Waals surface area (Å²) in [5, 5.41) is 12.9. The van der Waals surface area contributed by atoms with Crippen LogP contribution in [0.25, 0.3) is 6.08 Å². The molecule has 0 aliphatic heterocycles. The zero-order valence-corrected chi connectivity index (χ0v) is 12.1. The molecule has 1 aromatic rings. The number of amides is 1. The van der Waals surface area contributed by atoms with E-state index in [1.54, 1.807) is 12.1 Å². The molecule has 1 aliphatic rings. The van der Waals surface area contributed by atoms with Gasteiger partial charge >= 0.3 is 0 Å². The quantitative estimate of drug-likeness (QED) is 0.839. The number of benzene rings is 1. The van der Waals surface area contributed by atoms with Crippen LogP contribution in [-0.2, 0) is 4.79 Å². The summed E-state index contributed by atoms with van der Waals surface area (Å²) in [6.07, 6.45) is 7.38. The van der Waals surface area contributed by atoms with Gasteiger partial charge in [0.25, 0.3) is 0 Å². The van der Waals surface area contributed by atoms with Gasteiger partial charge in [0.2, 0.25) is 5.91 Å². The summed E-state index contributed by atoms with van der Waals surface area (Å²) < 4.78 is 0. The maximum absolute atomic E-state index is 11.9. The van der Waals surface area contributed by atoms with Gasteiger partial charge in [-0.25, -0.2) is 0 Å². The topological polar surface area (TPSA) is 49.3 Å². The normalized spacial score (nSPS) is 22.9. The molecule has 3 nitrogen and oxygen atoms in total. The van der Waals surface area contributed by atoms with E-state index in [9.17, 15) is 9.90 Å². The molecule has 2 rings (SSSR count). The molecule has 0 heterocycles. The third-order valence-corrected chi connectivity index (χ3v) is 4.13. The summed E-state index contributed by atoms with van der Waals surface area (Å²) in [6.45, 7) is 0.138. The van der Waals surface area contributed by atoms with Gasteiger partial charge in [-0.15, -0.1) is 0 Å². The Balaban J connectivity index is 1.93. The van der Waals surface area contributed by atoms with Crippen molar-refractivity contribution in [3.05, 3.63) is 40.9 Å². The fraction of sp³-hybridized carbons (Fsp3) is 0.438. The Hall–Kier alpha value is -1.32. The van der Waals surface area contributed by atoms with Crippen LogP contribution in [0.4, 0.5) is 0 Å². The van der Waals surface area contributed by atoms with Crippen molar-refractivity contribution < 1.29 is 9.90 Å². The van der Waals surface area contributed by atoms with Crippen molar-refractivity contribution in [3.8, 4) is 0 Å². The molecule has 0 bridgehead atoms. The van der Waals surface area contributed by atoms with Gasteiger partial charge in [-0.3, -0.25) is 4.79 Å². The maximum atomic E-state index is 11.9. The Morgan fingerprint density at radius 2 is 2.10 bits per heavy atom. The molecule has 2 atom stereocenters. The van der Waals surface area contributed by atoms with Crippen molar-refractivity contribution in [3.63, 3.8) is 0 Å². The largest absolute Gasteiger partial charge is 0.396 e. The van der Waals surface area contributed by atoms with Crippen molar-refractivity contribution in [2.75, 3.05) is 6.61 Å². The van der Waals surface area contributed by atoms with Crippen LogP contribution in [-0.4, -0.2) is 23.7 Å². The molecule has 20 heavy (non-hydrogen) atoms. The van der Waals surface area contributed by atoms with Gasteiger partial charge in [0.05, 0.1) is 0 Å². The predicted octanol–water partition coefficient (Wildman–Crippen LogP) is 3.02. The van der Waals surface area contributed by atoms with Crippen LogP contribution >= 0.6 is 11.6 Å². The van der Waals surface area contributed by atoms with E-state index in [-0.39, 0.29) is 24.5 Å². The molecule has 0 saturated heterocycles. The predicted molar refractivity (Wildman–Crippen MR) is 81.5 cm³/mol. The maximum Gasteiger partial charge on any atom is 0.244 e. The summed E-state index contributed by atoms with van der Waals surface area (Å²) in [7, 11) is 0. The van der Waals surface area contributed by atoms with E-state index >= 15 is 0 Å². The Kier molecular flexibility index (Phi) is 5.62. The van der Waals surface area contributed by atoms with Gasteiger partial charge in [-0.1, -0.05) is 42.6 Å². The van der Waals surface area contributed by atoms with Crippen molar-refractivity contribution in [1.82, 2.24) is 5.32 Å². The van der Waals surface area contributed by atoms with Crippen molar-refractivity contribution in [2.24, 2.45) is 5.92 Å². The minimum Gasteiger partial charge on any atom is -0.396 e. The number of halogens is 1. The number of carbonyl (C=O) groups is 1. The molecular weight excluding hydrogens is 274 g/mol. The van der Waals surface area contributed by atoms with Crippen LogP contribution in [0.15, 0.2) is 30.3 Å². The first-order valence-corrected chi connectivity index (χ1v) is 7.42. The highest BCUT2D eigenvalue weighted by Gasteiger charge is 2.25. The molecule has 1 aromatic carbocycles. The Morgan fingerprint density at radius 3 is 2.85 bits per heavy atom. The molecule has 1 aliphatic carbocycles. The first-order valence-electron chi connectivity index (χ1n) is 7.04. The number of aliphatic hydroxyl groups excluding tert-OH is 1. The lowest BCUT2D eigenvalue weighted by Gasteiger charge is -2.30. The van der Waals surface area contributed by atoms with E-state index in [0.29, 0.717) is 5.02 Å². The molecule has 0 aromatic heterocycles. The lowest BCUT2D eigenvalue weighted by molar-refractivity contribution is -0.117. The number of aliphatic hydroxyl groups is 1. The van der Waals surface area contributed by atoms with Crippen molar-refractivity contribution in [1.29, 1.82) is 0 Å². The zero-order valence-electron chi connectivity index (χ0n) is 11.4. The molecule has 0 spiro atoms. The fourth-order valence-corrected chi connectivity index (χ4v) is 2.82. The van der Waals surface area contributed by atoms with E-state index < -0.39 is 0 Å². The summed E-state index contributed by atoms with van der Waals surface area (Å²) in [5.41, 5.74) is 0.826. The molecule has 4 heteroatoms. The smallest absolute Gasteiger partial charge is 0.244 e. The zero-order chi connectivity index (χ0) is 14.4.